The number of ether oxygens (including phenoxy) is 1. The van der Waals surface area contributed by atoms with Gasteiger partial charge in [0.1, 0.15) is 9.88 Å². The Kier molecular flexibility index (Phi) is 6.93. The maximum absolute atomic E-state index is 13.2. The minimum atomic E-state index is -3.57. The van der Waals surface area contributed by atoms with Gasteiger partial charge in [0.05, 0.1) is 17.9 Å². The Bertz CT molecular complexity index is 1130. The van der Waals surface area contributed by atoms with Crippen molar-refractivity contribution in [2.45, 2.75) is 46.8 Å². The van der Waals surface area contributed by atoms with Gasteiger partial charge in [0.25, 0.3) is 16.1 Å². The van der Waals surface area contributed by atoms with Gasteiger partial charge in [0.2, 0.25) is 0 Å². The third-order valence-corrected chi connectivity index (χ3v) is 9.31. The van der Waals surface area contributed by atoms with Crippen molar-refractivity contribution in [1.82, 2.24) is 18.5 Å². The fraction of sp³-hybridized carbons (Fsp3) is 0.565. The van der Waals surface area contributed by atoms with Gasteiger partial charge in [-0.15, -0.1) is 11.3 Å². The number of hydrogen-bond acceptors (Lipinski definition) is 6. The predicted octanol–water partition coefficient (Wildman–Crippen LogP) is 2.85. The number of benzene rings is 1. The summed E-state index contributed by atoms with van der Waals surface area (Å²) in [6.45, 7) is 11.8. The molecular formula is C23H32N4O4S2. The average Bonchev–Trinajstić information content (AvgIpc) is 3.13. The molecule has 3 heterocycles. The standard InChI is InChI=1S/C23H32N4O4S2/c1-15-6-7-20(16(2)12-15)22-24-19(5)21(32-22)23(28)25-8-10-26(11-9-25)33(29,30)27-13-17(3)31-18(4)14-27/h6-7,12,17-18H,8-11,13-14H2,1-5H3. The molecule has 2 aliphatic heterocycles. The summed E-state index contributed by atoms with van der Waals surface area (Å²) in [6.07, 6.45) is -0.265. The minimum absolute atomic E-state index is 0.0771. The molecule has 180 valence electrons. The molecule has 2 unspecified atom stereocenters. The highest BCUT2D eigenvalue weighted by Gasteiger charge is 2.37. The van der Waals surface area contributed by atoms with Crippen LogP contribution in [0.1, 0.15) is 40.3 Å². The number of carbonyl (C=O) groups is 1. The molecule has 0 radical (unpaired) electrons. The Balaban J connectivity index is 1.44. The van der Waals surface area contributed by atoms with Gasteiger partial charge in [-0.3, -0.25) is 4.79 Å². The summed E-state index contributed by atoms with van der Waals surface area (Å²) in [7, 11) is -3.57. The van der Waals surface area contributed by atoms with Crippen LogP contribution in [0.3, 0.4) is 0 Å². The molecule has 2 aliphatic rings. The maximum Gasteiger partial charge on any atom is 0.282 e. The van der Waals surface area contributed by atoms with Crippen LogP contribution >= 0.6 is 11.3 Å². The number of morpholine rings is 1. The van der Waals surface area contributed by atoms with E-state index in [0.29, 0.717) is 36.8 Å². The van der Waals surface area contributed by atoms with E-state index in [4.69, 9.17) is 4.74 Å². The smallest absolute Gasteiger partial charge is 0.282 e. The van der Waals surface area contributed by atoms with Gasteiger partial charge in [-0.25, -0.2) is 4.98 Å². The van der Waals surface area contributed by atoms with Crippen molar-refractivity contribution in [3.8, 4) is 10.6 Å². The second-order valence-corrected chi connectivity index (χ2v) is 12.0. The maximum atomic E-state index is 13.2. The average molecular weight is 493 g/mol. The fourth-order valence-electron chi connectivity index (χ4n) is 4.51. The van der Waals surface area contributed by atoms with Crippen LogP contribution in [0.25, 0.3) is 10.6 Å². The zero-order valence-electron chi connectivity index (χ0n) is 19.9. The lowest BCUT2D eigenvalue weighted by atomic mass is 10.1. The summed E-state index contributed by atoms with van der Waals surface area (Å²) < 4.78 is 34.9. The predicted molar refractivity (Wildman–Crippen MR) is 130 cm³/mol. The first kappa shape index (κ1) is 24.3. The molecular weight excluding hydrogens is 460 g/mol. The molecule has 0 saturated carbocycles. The van der Waals surface area contributed by atoms with Gasteiger partial charge in [0, 0.05) is 44.8 Å². The Morgan fingerprint density at radius 2 is 1.67 bits per heavy atom. The Labute approximate surface area is 200 Å². The van der Waals surface area contributed by atoms with Crippen LogP contribution < -0.4 is 0 Å². The topological polar surface area (TPSA) is 83.1 Å². The first-order valence-electron chi connectivity index (χ1n) is 11.3. The van der Waals surface area contributed by atoms with E-state index >= 15 is 0 Å². The molecule has 2 aromatic rings. The monoisotopic (exact) mass is 492 g/mol. The van der Waals surface area contributed by atoms with E-state index in [1.807, 2.05) is 26.8 Å². The third-order valence-electron chi connectivity index (χ3n) is 6.17. The number of rotatable bonds is 4. The zero-order valence-corrected chi connectivity index (χ0v) is 21.5. The van der Waals surface area contributed by atoms with Crippen LogP contribution in [-0.4, -0.2) is 84.3 Å². The van der Waals surface area contributed by atoms with E-state index in [1.54, 1.807) is 4.90 Å². The van der Waals surface area contributed by atoms with E-state index in [0.717, 1.165) is 16.1 Å². The molecule has 1 aromatic carbocycles. The molecule has 10 heteroatoms. The van der Waals surface area contributed by atoms with Crippen LogP contribution in [0.5, 0.6) is 0 Å². The minimum Gasteiger partial charge on any atom is -0.373 e. The lowest BCUT2D eigenvalue weighted by Gasteiger charge is -2.40. The second-order valence-electron chi connectivity index (χ2n) is 9.03. The van der Waals surface area contributed by atoms with Crippen molar-refractivity contribution >= 4 is 27.5 Å². The van der Waals surface area contributed by atoms with Crippen molar-refractivity contribution in [1.29, 1.82) is 0 Å². The molecule has 2 saturated heterocycles. The fourth-order valence-corrected chi connectivity index (χ4v) is 7.38. The largest absolute Gasteiger partial charge is 0.373 e. The van der Waals surface area contributed by atoms with E-state index in [2.05, 4.69) is 31.0 Å². The summed E-state index contributed by atoms with van der Waals surface area (Å²) in [4.78, 5) is 20.3. The lowest BCUT2D eigenvalue weighted by molar-refractivity contribution is -0.0457. The van der Waals surface area contributed by atoms with Crippen molar-refractivity contribution < 1.29 is 17.9 Å². The van der Waals surface area contributed by atoms with E-state index in [1.165, 1.54) is 25.5 Å². The van der Waals surface area contributed by atoms with E-state index in [9.17, 15) is 13.2 Å². The van der Waals surface area contributed by atoms with Crippen LogP contribution in [-0.2, 0) is 14.9 Å². The molecule has 2 atom stereocenters. The Morgan fingerprint density at radius 1 is 1.03 bits per heavy atom. The van der Waals surface area contributed by atoms with Crippen LogP contribution in [0.4, 0.5) is 0 Å². The highest BCUT2D eigenvalue weighted by Crippen LogP contribution is 2.31. The normalized spacial score (nSPS) is 23.1. The Morgan fingerprint density at radius 3 is 2.27 bits per heavy atom. The Hall–Kier alpha value is -1.85. The number of thiazole rings is 1. The molecule has 0 spiro atoms. The SMILES string of the molecule is Cc1ccc(-c2nc(C)c(C(=O)N3CCN(S(=O)(=O)N4CC(C)OC(C)C4)CC3)s2)c(C)c1. The molecule has 4 rings (SSSR count). The molecule has 1 aromatic heterocycles. The number of aromatic nitrogens is 1. The molecule has 1 amide bonds. The molecule has 0 bridgehead atoms. The number of hydrogen-bond donors (Lipinski definition) is 0. The molecule has 2 fully saturated rings. The first-order valence-corrected chi connectivity index (χ1v) is 13.5. The van der Waals surface area contributed by atoms with Crippen LogP contribution in [0.15, 0.2) is 18.2 Å². The van der Waals surface area contributed by atoms with Gasteiger partial charge in [-0.2, -0.15) is 17.0 Å². The van der Waals surface area contributed by atoms with Crippen molar-refractivity contribution in [2.75, 3.05) is 39.3 Å². The van der Waals surface area contributed by atoms with E-state index in [-0.39, 0.29) is 31.2 Å². The summed E-state index contributed by atoms with van der Waals surface area (Å²) >= 11 is 1.41. The second kappa shape index (κ2) is 9.42. The van der Waals surface area contributed by atoms with Crippen molar-refractivity contribution in [2.24, 2.45) is 0 Å². The summed E-state index contributed by atoms with van der Waals surface area (Å²) in [5.41, 5.74) is 4.08. The first-order chi connectivity index (χ1) is 15.6. The summed E-state index contributed by atoms with van der Waals surface area (Å²) in [5, 5.41) is 0.838. The quantitative estimate of drug-likeness (QED) is 0.656. The number of aryl methyl sites for hydroxylation is 3. The highest BCUT2D eigenvalue weighted by atomic mass is 32.2. The van der Waals surface area contributed by atoms with Crippen LogP contribution in [0.2, 0.25) is 0 Å². The number of carbonyl (C=O) groups excluding carboxylic acids is 1. The summed E-state index contributed by atoms with van der Waals surface area (Å²) in [5.74, 6) is -0.0771. The molecule has 0 N–H and O–H groups in total. The van der Waals surface area contributed by atoms with Crippen molar-refractivity contribution in [3.05, 3.63) is 39.9 Å². The number of piperazine rings is 1. The highest BCUT2D eigenvalue weighted by molar-refractivity contribution is 7.86. The molecule has 8 nitrogen and oxygen atoms in total. The van der Waals surface area contributed by atoms with Gasteiger partial charge in [0.15, 0.2) is 0 Å². The van der Waals surface area contributed by atoms with Gasteiger partial charge < -0.3 is 9.64 Å². The number of nitrogens with zero attached hydrogens (tertiary/aromatic N) is 4. The molecule has 0 aliphatic carbocycles. The van der Waals surface area contributed by atoms with Gasteiger partial charge in [-0.05, 0) is 40.2 Å². The lowest BCUT2D eigenvalue weighted by Crippen LogP contribution is -2.57. The zero-order chi connectivity index (χ0) is 23.9. The van der Waals surface area contributed by atoms with E-state index < -0.39 is 10.2 Å². The third kappa shape index (κ3) is 5.00. The van der Waals surface area contributed by atoms with Gasteiger partial charge >= 0.3 is 0 Å². The van der Waals surface area contributed by atoms with Crippen LogP contribution in [0, 0.1) is 20.8 Å². The van der Waals surface area contributed by atoms with Crippen molar-refractivity contribution in [3.63, 3.8) is 0 Å². The summed E-state index contributed by atoms with van der Waals surface area (Å²) in [6, 6.07) is 6.22. The van der Waals surface area contributed by atoms with Gasteiger partial charge in [-0.1, -0.05) is 23.8 Å². The number of amides is 1. The molecule has 33 heavy (non-hydrogen) atoms.